The van der Waals surface area contributed by atoms with Gasteiger partial charge in [-0.1, -0.05) is 12.1 Å². The van der Waals surface area contributed by atoms with Gasteiger partial charge in [-0.25, -0.2) is 4.98 Å². The monoisotopic (exact) mass is 371 g/mol. The highest BCUT2D eigenvalue weighted by Crippen LogP contribution is 2.33. The third kappa shape index (κ3) is 2.96. The van der Waals surface area contributed by atoms with E-state index in [-0.39, 0.29) is 11.8 Å². The third-order valence-electron chi connectivity index (χ3n) is 4.95. The van der Waals surface area contributed by atoms with Crippen molar-refractivity contribution in [3.05, 3.63) is 45.4 Å². The lowest BCUT2D eigenvalue weighted by Crippen LogP contribution is -2.57. The van der Waals surface area contributed by atoms with Crippen LogP contribution in [0, 0.1) is 13.8 Å². The average Bonchev–Trinajstić information content (AvgIpc) is 2.91. The Labute approximate surface area is 156 Å². The quantitative estimate of drug-likeness (QED) is 0.836. The maximum atomic E-state index is 13.0. The second kappa shape index (κ2) is 6.39. The number of likely N-dealkylation sites (tertiary alicyclic amines) is 1. The number of fused-ring (bicyclic) bond motifs is 1. The Morgan fingerprint density at radius 1 is 1.35 bits per heavy atom. The van der Waals surface area contributed by atoms with Gasteiger partial charge in [0.1, 0.15) is 16.2 Å². The van der Waals surface area contributed by atoms with Crippen molar-refractivity contribution in [1.82, 2.24) is 15.2 Å². The Balaban J connectivity index is 1.61. The van der Waals surface area contributed by atoms with E-state index in [0.29, 0.717) is 35.8 Å². The lowest BCUT2D eigenvalue weighted by Gasteiger charge is -2.42. The molecule has 1 saturated heterocycles. The second-order valence-electron chi connectivity index (χ2n) is 6.94. The largest absolute Gasteiger partial charge is 0.483 e. The van der Waals surface area contributed by atoms with Crippen LogP contribution in [0.1, 0.15) is 43.6 Å². The van der Waals surface area contributed by atoms with E-state index in [0.717, 1.165) is 23.5 Å². The average molecular weight is 371 g/mol. The van der Waals surface area contributed by atoms with E-state index in [1.165, 1.54) is 11.3 Å². The van der Waals surface area contributed by atoms with Gasteiger partial charge in [0.05, 0.1) is 29.4 Å². The fraction of sp³-hybridized carbons (Fsp3) is 0.421. The van der Waals surface area contributed by atoms with E-state index >= 15 is 0 Å². The van der Waals surface area contributed by atoms with Crippen LogP contribution in [0.4, 0.5) is 0 Å². The molecule has 7 heteroatoms. The molecule has 2 amide bonds. The predicted molar refractivity (Wildman–Crippen MR) is 98.9 cm³/mol. The molecule has 0 aliphatic carbocycles. The maximum Gasteiger partial charge on any atom is 0.265 e. The molecule has 1 aromatic heterocycles. The molecular weight excluding hydrogens is 350 g/mol. The van der Waals surface area contributed by atoms with Crippen LogP contribution in [0.3, 0.4) is 0 Å². The van der Waals surface area contributed by atoms with Crippen molar-refractivity contribution in [1.29, 1.82) is 0 Å². The molecule has 0 unspecified atom stereocenters. The van der Waals surface area contributed by atoms with Crippen LogP contribution < -0.4 is 10.1 Å². The minimum Gasteiger partial charge on any atom is -0.483 e. The van der Waals surface area contributed by atoms with Gasteiger partial charge < -0.3 is 15.0 Å². The number of nitrogens with one attached hydrogen (secondary N) is 1. The molecular formula is C19H21N3O3S. The van der Waals surface area contributed by atoms with Gasteiger partial charge in [-0.2, -0.15) is 0 Å². The van der Waals surface area contributed by atoms with Crippen LogP contribution in [0.25, 0.3) is 0 Å². The van der Waals surface area contributed by atoms with Gasteiger partial charge in [0.2, 0.25) is 0 Å². The third-order valence-corrected chi connectivity index (χ3v) is 6.01. The number of amides is 2. The highest BCUT2D eigenvalue weighted by molar-refractivity contribution is 7.13. The zero-order valence-electron chi connectivity index (χ0n) is 14.9. The highest BCUT2D eigenvalue weighted by Gasteiger charge is 2.42. The van der Waals surface area contributed by atoms with E-state index in [1.807, 2.05) is 36.9 Å². The molecule has 0 saturated carbocycles. The zero-order valence-corrected chi connectivity index (χ0v) is 15.7. The molecule has 136 valence electrons. The zero-order chi connectivity index (χ0) is 18.3. The van der Waals surface area contributed by atoms with Gasteiger partial charge in [-0.3, -0.25) is 9.59 Å². The number of carbonyl (C=O) groups is 2. The molecule has 0 radical (unpaired) electrons. The summed E-state index contributed by atoms with van der Waals surface area (Å²) < 4.78 is 6.32. The fourth-order valence-corrected chi connectivity index (χ4v) is 4.61. The summed E-state index contributed by atoms with van der Waals surface area (Å²) >= 11 is 1.43. The molecule has 26 heavy (non-hydrogen) atoms. The number of thiazole rings is 1. The molecule has 2 aromatic rings. The van der Waals surface area contributed by atoms with Crippen LogP contribution in [0.5, 0.6) is 5.75 Å². The summed E-state index contributed by atoms with van der Waals surface area (Å²) in [5.74, 6) is 0.455. The van der Waals surface area contributed by atoms with E-state index in [2.05, 4.69) is 10.3 Å². The number of hydrogen-bond acceptors (Lipinski definition) is 5. The summed E-state index contributed by atoms with van der Waals surface area (Å²) in [7, 11) is 0. The van der Waals surface area contributed by atoms with E-state index in [4.69, 9.17) is 4.74 Å². The summed E-state index contributed by atoms with van der Waals surface area (Å²) in [5, 5.41) is 3.86. The van der Waals surface area contributed by atoms with Gasteiger partial charge in [0, 0.05) is 6.54 Å². The molecule has 1 aromatic carbocycles. The summed E-state index contributed by atoms with van der Waals surface area (Å²) in [6, 6.07) is 7.27. The van der Waals surface area contributed by atoms with Crippen molar-refractivity contribution in [3.8, 4) is 5.75 Å². The van der Waals surface area contributed by atoms with Crippen molar-refractivity contribution in [2.24, 2.45) is 0 Å². The molecule has 4 rings (SSSR count). The molecule has 2 aliphatic rings. The molecule has 3 heterocycles. The van der Waals surface area contributed by atoms with Crippen LogP contribution in [0.15, 0.2) is 24.3 Å². The summed E-state index contributed by atoms with van der Waals surface area (Å²) in [6.07, 6.45) is 1.63. The molecule has 1 spiro atoms. The lowest BCUT2D eigenvalue weighted by atomic mass is 9.92. The molecule has 1 fully saturated rings. The summed E-state index contributed by atoms with van der Waals surface area (Å²) in [4.78, 5) is 32.2. The number of hydrogen-bond donors (Lipinski definition) is 1. The predicted octanol–water partition coefficient (Wildman–Crippen LogP) is 2.56. The van der Waals surface area contributed by atoms with Crippen molar-refractivity contribution >= 4 is 23.2 Å². The summed E-state index contributed by atoms with van der Waals surface area (Å²) in [6.45, 7) is 5.32. The van der Waals surface area contributed by atoms with Gasteiger partial charge in [0.25, 0.3) is 11.8 Å². The molecule has 0 bridgehead atoms. The number of ether oxygens (including phenoxy) is 1. The van der Waals surface area contributed by atoms with Crippen LogP contribution in [-0.4, -0.2) is 46.9 Å². The number of carbonyl (C=O) groups excluding carboxylic acids is 2. The van der Waals surface area contributed by atoms with Crippen molar-refractivity contribution in [3.63, 3.8) is 0 Å². The van der Waals surface area contributed by atoms with Gasteiger partial charge in [-0.05, 0) is 38.8 Å². The highest BCUT2D eigenvalue weighted by atomic mass is 32.1. The second-order valence-corrected chi connectivity index (χ2v) is 8.14. The molecule has 1 N–H and O–H groups in total. The van der Waals surface area contributed by atoms with Gasteiger partial charge in [0.15, 0.2) is 0 Å². The minimum absolute atomic E-state index is 0.000339. The lowest BCUT2D eigenvalue weighted by molar-refractivity contribution is -0.000707. The molecule has 2 aliphatic heterocycles. The first-order valence-electron chi connectivity index (χ1n) is 8.77. The van der Waals surface area contributed by atoms with Crippen molar-refractivity contribution in [2.75, 3.05) is 19.6 Å². The van der Waals surface area contributed by atoms with E-state index < -0.39 is 5.60 Å². The number of nitrogens with zero attached hydrogens (tertiary/aromatic N) is 2. The molecule has 1 atom stereocenters. The van der Waals surface area contributed by atoms with Crippen LogP contribution >= 0.6 is 11.3 Å². The van der Waals surface area contributed by atoms with Crippen molar-refractivity contribution < 1.29 is 14.3 Å². The smallest absolute Gasteiger partial charge is 0.265 e. The number of aromatic nitrogens is 1. The standard InChI is InChI=1S/C19H21N3O3S/c1-12-16(26-13(2)21-12)18(24)22-9-5-8-19(11-22)10-20-17(23)14-6-3-4-7-15(14)25-19/h3-4,6-7H,5,8-11H2,1-2H3,(H,20,23)/t19-/m1/s1. The van der Waals surface area contributed by atoms with E-state index in [9.17, 15) is 9.59 Å². The van der Waals surface area contributed by atoms with E-state index in [1.54, 1.807) is 6.07 Å². The number of aryl methyl sites for hydroxylation is 2. The maximum absolute atomic E-state index is 13.0. The Morgan fingerprint density at radius 2 is 2.15 bits per heavy atom. The van der Waals surface area contributed by atoms with Gasteiger partial charge >= 0.3 is 0 Å². The number of piperidine rings is 1. The number of benzene rings is 1. The summed E-state index contributed by atoms with van der Waals surface area (Å²) in [5.41, 5.74) is 0.725. The molecule has 6 nitrogen and oxygen atoms in total. The first-order chi connectivity index (χ1) is 12.5. The number of para-hydroxylation sites is 1. The SMILES string of the molecule is Cc1nc(C)c(C(=O)N2CCC[C@@]3(CNC(=O)c4ccccc4O3)C2)s1. The Morgan fingerprint density at radius 3 is 2.92 bits per heavy atom. The minimum atomic E-state index is -0.593. The first kappa shape index (κ1) is 17.0. The van der Waals surface area contributed by atoms with Crippen LogP contribution in [0.2, 0.25) is 0 Å². The normalized spacial score (nSPS) is 22.4. The van der Waals surface area contributed by atoms with Crippen molar-refractivity contribution in [2.45, 2.75) is 32.3 Å². The Kier molecular flexibility index (Phi) is 4.19. The number of rotatable bonds is 1. The Hall–Kier alpha value is -2.41. The van der Waals surface area contributed by atoms with Crippen LogP contribution in [-0.2, 0) is 0 Å². The topological polar surface area (TPSA) is 71.5 Å². The fourth-order valence-electron chi connectivity index (χ4n) is 3.72. The van der Waals surface area contributed by atoms with Gasteiger partial charge in [-0.15, -0.1) is 11.3 Å². The first-order valence-corrected chi connectivity index (χ1v) is 9.59. The Bertz CT molecular complexity index is 879.